The topological polar surface area (TPSA) is 408 Å². The number of carboxylic acids is 1. The fourth-order valence-corrected chi connectivity index (χ4v) is 16.5. The Morgan fingerprint density at radius 3 is 2.48 bits per heavy atom. The Labute approximate surface area is 556 Å². The van der Waals surface area contributed by atoms with Crippen molar-refractivity contribution in [3.05, 3.63) is 144 Å². The van der Waals surface area contributed by atoms with E-state index in [1.54, 1.807) is 35.0 Å². The molecule has 510 valence electrons. The monoisotopic (exact) mass is 1390 g/mol. The van der Waals surface area contributed by atoms with Crippen molar-refractivity contribution in [3.8, 4) is 29.1 Å². The van der Waals surface area contributed by atoms with Crippen LogP contribution >= 0.6 is 24.0 Å². The second kappa shape index (κ2) is 30.2. The molecule has 6 atom stereocenters. The third kappa shape index (κ3) is 15.7. The predicted molar refractivity (Wildman–Crippen MR) is 350 cm³/mol. The number of carboxylic acid groups (broad SMARTS) is 1. The van der Waals surface area contributed by atoms with Gasteiger partial charge < -0.3 is 74.6 Å². The Kier molecular flexibility index (Phi) is 21.3. The van der Waals surface area contributed by atoms with Gasteiger partial charge in [-0.05, 0) is 117 Å². The molecular weight excluding hydrogens is 1320 g/mol. The molecule has 12 rings (SSSR count). The van der Waals surface area contributed by atoms with Gasteiger partial charge in [-0.2, -0.15) is 0 Å². The van der Waals surface area contributed by atoms with Gasteiger partial charge in [0.2, 0.25) is 11.3 Å². The van der Waals surface area contributed by atoms with Crippen LogP contribution in [0.5, 0.6) is 17.2 Å². The molecule has 6 aliphatic rings. The van der Waals surface area contributed by atoms with E-state index in [0.29, 0.717) is 35.0 Å². The zero-order chi connectivity index (χ0) is 68.0. The number of fused-ring (bicyclic) bond motifs is 5. The van der Waals surface area contributed by atoms with Gasteiger partial charge in [-0.25, -0.2) is 28.2 Å². The second-order valence-corrected chi connectivity index (χ2v) is 28.4. The van der Waals surface area contributed by atoms with Crippen LogP contribution in [-0.2, 0) is 67.0 Å². The highest BCUT2D eigenvalue weighted by molar-refractivity contribution is 7.65. The fraction of sp³-hybridized carbons (Fsp3) is 0.422. The second-order valence-electron chi connectivity index (χ2n) is 23.7. The summed E-state index contributed by atoms with van der Waals surface area (Å²) in [4.78, 5) is 98.5. The van der Waals surface area contributed by atoms with Gasteiger partial charge in [-0.15, -0.1) is 0 Å². The number of aryl methyl sites for hydroxylation is 2. The molecule has 4 aromatic carbocycles. The lowest BCUT2D eigenvalue weighted by Gasteiger charge is -2.39. The largest absolute Gasteiger partial charge is 0.756 e. The molecule has 0 bridgehead atoms. The summed E-state index contributed by atoms with van der Waals surface area (Å²) in [5, 5.41) is 25.3. The number of azide groups is 1. The molecule has 0 spiro atoms. The number of ether oxygens (including phenoxy) is 5. The van der Waals surface area contributed by atoms with Crippen molar-refractivity contribution in [3.63, 3.8) is 0 Å². The van der Waals surface area contributed by atoms with Crippen LogP contribution in [-0.4, -0.2) is 150 Å². The van der Waals surface area contributed by atoms with Crippen LogP contribution in [0.3, 0.4) is 0 Å². The van der Waals surface area contributed by atoms with Crippen molar-refractivity contribution in [1.29, 1.82) is 0 Å². The van der Waals surface area contributed by atoms with Crippen LogP contribution in [0.25, 0.3) is 27.0 Å². The quantitative estimate of drug-likeness (QED) is 0.00666. The lowest BCUT2D eigenvalue weighted by molar-refractivity contribution is -0.209. The SMILES string of the molecule is CCP(O)OP(=O)([O-])OP(=O)(O)OC[C@@H]1CC[C@H](n2cc(C#CCNC(=O)COCCOC(COc3cccc(C(=O)NCCNC(=O)c4ccc(C(=O)O)c(C5=c6cc7c8c(c6Oc6c5cc5c9c6CCCN9CCC5)CCC[N+]=8CCC7)c4)c3)N=[N+]=[N-])c3c(N)ncnc32)O1. The van der Waals surface area contributed by atoms with E-state index in [0.717, 1.165) is 117 Å². The van der Waals surface area contributed by atoms with Gasteiger partial charge >= 0.3 is 13.8 Å². The number of hydrogen-bond donors (Lipinski definition) is 7. The molecule has 0 radical (unpaired) electrons. The number of phosphoric ester groups is 1. The molecule has 1 fully saturated rings. The summed E-state index contributed by atoms with van der Waals surface area (Å²) in [7, 11) is -13.0. The standard InChI is InChI=1S/C64H71N12O18P3/c1-2-95(82)93-97(85,86)94-96(83,84)90-34-44-17-19-53(91-44)76-33-42(54-60(65)70-37-71-61(54)76)10-4-20-67-51(77)35-87-27-28-88-52(72-73-66)36-89-43-13-3-9-40(29-43)62(78)68-21-22-69-63(79)41-16-18-45(64(80)81)48(32-41)55-49-30-38-11-5-23-74-25-7-14-46(56(38)74)58(49)92-59-47-15-8-26-75-24-6-12-39(57(47)75)31-50(55)59/h3,9,13,16,18,29-33,37,44,52-53,82H,2,5-8,11-12,14-15,17,19-28,34-36H2,1H3,(H7-,65,67,68,69,70,71,77,78,79,80,81,83,84,85,86)/t44-,52?,53+,95?/m0/s1. The lowest BCUT2D eigenvalue weighted by atomic mass is 9.81. The minimum Gasteiger partial charge on any atom is -0.756 e. The average molecular weight is 1390 g/mol. The molecule has 0 aliphatic carbocycles. The fourth-order valence-electron chi connectivity index (χ4n) is 13.2. The van der Waals surface area contributed by atoms with Crippen molar-refractivity contribution >= 4 is 75.8 Å². The van der Waals surface area contributed by atoms with Gasteiger partial charge in [0.1, 0.15) is 67.6 Å². The maximum absolute atomic E-state index is 14.1. The van der Waals surface area contributed by atoms with Crippen LogP contribution in [0, 0.1) is 11.8 Å². The third-order valence-corrected chi connectivity index (χ3v) is 21.5. The number of nitrogen functional groups attached to an aromatic ring is 1. The molecule has 2 aromatic heterocycles. The number of aromatic nitrogens is 3. The molecule has 6 aromatic rings. The highest BCUT2D eigenvalue weighted by atomic mass is 31.3. The van der Waals surface area contributed by atoms with Crippen molar-refractivity contribution in [1.82, 2.24) is 35.1 Å². The average Bonchev–Trinajstić information content (AvgIpc) is 1.32. The Morgan fingerprint density at radius 1 is 0.938 bits per heavy atom. The highest BCUT2D eigenvalue weighted by Crippen LogP contribution is 2.63. The van der Waals surface area contributed by atoms with E-state index in [4.69, 9.17) is 33.9 Å². The number of hydrogen-bond acceptors (Lipinski definition) is 21. The summed E-state index contributed by atoms with van der Waals surface area (Å²) in [5.74, 6) is 5.21. The molecular formula is C64H71N12O18P3. The van der Waals surface area contributed by atoms with Crippen LogP contribution in [0.2, 0.25) is 0 Å². The van der Waals surface area contributed by atoms with Gasteiger partial charge in [0.05, 0.1) is 54.5 Å². The number of carbonyl (C=O) groups is 4. The molecule has 3 amide bonds. The first-order chi connectivity index (χ1) is 46.8. The van der Waals surface area contributed by atoms with Crippen molar-refractivity contribution in [2.45, 2.75) is 89.7 Å². The minimum absolute atomic E-state index is 0.0491. The first-order valence-electron chi connectivity index (χ1n) is 31.9. The van der Waals surface area contributed by atoms with Crippen molar-refractivity contribution in [2.75, 3.05) is 95.6 Å². The minimum atomic E-state index is -5.37. The zero-order valence-corrected chi connectivity index (χ0v) is 55.5. The summed E-state index contributed by atoms with van der Waals surface area (Å²) in [6.45, 7) is 4.07. The maximum Gasteiger partial charge on any atom is 0.478 e. The number of nitrogens with one attached hydrogen (secondary N) is 3. The number of nitrogens with zero attached hydrogens (tertiary/aromatic N) is 8. The van der Waals surface area contributed by atoms with Crippen LogP contribution < -0.4 is 56.1 Å². The predicted octanol–water partition coefficient (Wildman–Crippen LogP) is 5.14. The Bertz CT molecular complexity index is 4450. The summed E-state index contributed by atoms with van der Waals surface area (Å²) in [6, 6.07) is 15.4. The summed E-state index contributed by atoms with van der Waals surface area (Å²) >= 11 is 0. The van der Waals surface area contributed by atoms with Crippen molar-refractivity contribution < 1.29 is 84.9 Å². The van der Waals surface area contributed by atoms with Gasteiger partial charge in [-0.3, -0.25) is 27.8 Å². The van der Waals surface area contributed by atoms with E-state index in [9.17, 15) is 53.6 Å². The van der Waals surface area contributed by atoms with E-state index < -0.39 is 72.9 Å². The summed E-state index contributed by atoms with van der Waals surface area (Å²) < 4.78 is 71.9. The van der Waals surface area contributed by atoms with E-state index in [2.05, 4.69) is 78.0 Å². The Balaban J connectivity index is 0.603. The molecule has 1 saturated heterocycles. The van der Waals surface area contributed by atoms with Crippen molar-refractivity contribution in [2.24, 2.45) is 5.11 Å². The van der Waals surface area contributed by atoms with Crippen LogP contribution in [0.15, 0.2) is 72.2 Å². The highest BCUT2D eigenvalue weighted by Gasteiger charge is 2.38. The number of phosphoric acid groups is 2. The van der Waals surface area contributed by atoms with E-state index in [-0.39, 0.29) is 80.5 Å². The molecule has 0 saturated carbocycles. The maximum atomic E-state index is 14.1. The lowest BCUT2D eigenvalue weighted by Crippen LogP contribution is -2.45. The van der Waals surface area contributed by atoms with E-state index >= 15 is 0 Å². The zero-order valence-electron chi connectivity index (χ0n) is 52.8. The number of benzene rings is 4. The van der Waals surface area contributed by atoms with Gasteiger partial charge in [0, 0.05) is 101 Å². The first kappa shape index (κ1) is 68.6. The summed E-state index contributed by atoms with van der Waals surface area (Å²) in [6.07, 6.45) is 8.41. The number of carbonyl (C=O) groups excluding carboxylic acids is 3. The van der Waals surface area contributed by atoms with E-state index in [1.165, 1.54) is 53.6 Å². The van der Waals surface area contributed by atoms with E-state index in [1.807, 2.05) is 0 Å². The molecule has 6 aliphatic heterocycles. The van der Waals surface area contributed by atoms with Crippen LogP contribution in [0.1, 0.15) is 122 Å². The Hall–Kier alpha value is -8.35. The molecule has 97 heavy (non-hydrogen) atoms. The van der Waals surface area contributed by atoms with Gasteiger partial charge in [0.15, 0.2) is 14.6 Å². The van der Waals surface area contributed by atoms with Gasteiger partial charge in [-0.1, -0.05) is 29.9 Å². The molecule has 8 N–H and O–H groups in total. The number of anilines is 2. The number of amides is 3. The smallest absolute Gasteiger partial charge is 0.478 e. The molecule has 33 heteroatoms. The number of rotatable bonds is 27. The summed E-state index contributed by atoms with van der Waals surface area (Å²) in [5.41, 5.74) is 24.8. The van der Waals surface area contributed by atoms with Crippen LogP contribution in [0.4, 0.5) is 11.5 Å². The Morgan fingerprint density at radius 2 is 1.70 bits per heavy atom. The number of aromatic carboxylic acids is 1. The normalized spacial score (nSPS) is 18.4. The van der Waals surface area contributed by atoms with Gasteiger partial charge in [0.25, 0.3) is 19.6 Å². The molecule has 30 nitrogen and oxygen atoms in total. The number of nitrogens with two attached hydrogens (primary N) is 1. The first-order valence-corrected chi connectivity index (χ1v) is 36.2. The molecule has 4 unspecified atom stereocenters. The molecule has 8 heterocycles. The third-order valence-electron chi connectivity index (χ3n) is 17.3.